The van der Waals surface area contributed by atoms with E-state index in [9.17, 15) is 4.79 Å². The monoisotopic (exact) mass is 372 g/mol. The van der Waals surface area contributed by atoms with Gasteiger partial charge >= 0.3 is 0 Å². The second-order valence-electron chi connectivity index (χ2n) is 7.88. The molecule has 1 spiro atoms. The summed E-state index contributed by atoms with van der Waals surface area (Å²) in [6.45, 7) is 3.36. The van der Waals surface area contributed by atoms with E-state index in [4.69, 9.17) is 4.42 Å². The lowest BCUT2D eigenvalue weighted by Gasteiger charge is -2.38. The standard InChI is InChI=1S/C24H24N2O2/c27-23-24(11-13-25(14-12-24)16-20-10-15-28-18-20)21-8-4-5-9-22(21)26(23)17-19-6-2-1-3-7-19/h1-10,15,18H,11-14,16-17H2. The number of para-hydroxylation sites is 1. The molecule has 4 nitrogen and oxygen atoms in total. The Morgan fingerprint density at radius 3 is 2.36 bits per heavy atom. The first-order chi connectivity index (χ1) is 13.8. The highest BCUT2D eigenvalue weighted by molar-refractivity contribution is 6.08. The highest BCUT2D eigenvalue weighted by Gasteiger charge is 2.51. The van der Waals surface area contributed by atoms with Crippen LogP contribution in [-0.2, 0) is 23.3 Å². The quantitative estimate of drug-likeness (QED) is 0.683. The first kappa shape index (κ1) is 17.3. The van der Waals surface area contributed by atoms with Gasteiger partial charge in [0.25, 0.3) is 0 Å². The predicted octanol–water partition coefficient (Wildman–Crippen LogP) is 4.36. The van der Waals surface area contributed by atoms with Gasteiger partial charge in [-0.25, -0.2) is 0 Å². The van der Waals surface area contributed by atoms with Crippen molar-refractivity contribution >= 4 is 11.6 Å². The fraction of sp³-hybridized carbons (Fsp3) is 0.292. The van der Waals surface area contributed by atoms with Crippen LogP contribution in [0.2, 0.25) is 0 Å². The minimum absolute atomic E-state index is 0.264. The van der Waals surface area contributed by atoms with Crippen molar-refractivity contribution in [2.24, 2.45) is 0 Å². The summed E-state index contributed by atoms with van der Waals surface area (Å²) in [5.74, 6) is 0.264. The number of amides is 1. The van der Waals surface area contributed by atoms with Crippen LogP contribution in [0.25, 0.3) is 0 Å². The number of benzene rings is 2. The van der Waals surface area contributed by atoms with Gasteiger partial charge in [0, 0.05) is 17.8 Å². The van der Waals surface area contributed by atoms with E-state index in [1.165, 1.54) is 16.7 Å². The van der Waals surface area contributed by atoms with E-state index in [0.717, 1.165) is 38.2 Å². The minimum atomic E-state index is -0.377. The van der Waals surface area contributed by atoms with Crippen LogP contribution in [0.15, 0.2) is 77.6 Å². The van der Waals surface area contributed by atoms with Crippen LogP contribution in [0, 0.1) is 0 Å². The number of hydrogen-bond donors (Lipinski definition) is 0. The molecule has 0 N–H and O–H groups in total. The SMILES string of the molecule is O=C1N(Cc2ccccc2)c2ccccc2C12CCN(Cc1ccoc1)CC2. The van der Waals surface area contributed by atoms with E-state index in [1.54, 1.807) is 6.26 Å². The molecule has 0 radical (unpaired) electrons. The van der Waals surface area contributed by atoms with Gasteiger partial charge in [-0.1, -0.05) is 48.5 Å². The van der Waals surface area contributed by atoms with Crippen LogP contribution in [0.3, 0.4) is 0 Å². The Morgan fingerprint density at radius 2 is 1.61 bits per heavy atom. The van der Waals surface area contributed by atoms with Gasteiger partial charge in [-0.15, -0.1) is 0 Å². The number of hydrogen-bond acceptors (Lipinski definition) is 3. The summed E-state index contributed by atoms with van der Waals surface area (Å²) in [4.78, 5) is 18.1. The lowest BCUT2D eigenvalue weighted by atomic mass is 9.73. The number of furan rings is 1. The van der Waals surface area contributed by atoms with Crippen molar-refractivity contribution in [3.05, 3.63) is 89.9 Å². The molecule has 4 heteroatoms. The Hall–Kier alpha value is -2.85. The summed E-state index contributed by atoms with van der Waals surface area (Å²) in [7, 11) is 0. The lowest BCUT2D eigenvalue weighted by molar-refractivity contribution is -0.125. The Bertz CT molecular complexity index is 957. The molecule has 2 aliphatic rings. The van der Waals surface area contributed by atoms with Crippen LogP contribution >= 0.6 is 0 Å². The zero-order valence-electron chi connectivity index (χ0n) is 15.9. The minimum Gasteiger partial charge on any atom is -0.472 e. The maximum atomic E-state index is 13.7. The average Bonchev–Trinajstić information content (AvgIpc) is 3.33. The van der Waals surface area contributed by atoms with Crippen molar-refractivity contribution in [3.8, 4) is 0 Å². The molecule has 0 aliphatic carbocycles. The normalized spacial score (nSPS) is 18.6. The van der Waals surface area contributed by atoms with E-state index >= 15 is 0 Å². The molecular weight excluding hydrogens is 348 g/mol. The lowest BCUT2D eigenvalue weighted by Crippen LogP contribution is -2.48. The smallest absolute Gasteiger partial charge is 0.238 e. The molecule has 2 aliphatic heterocycles. The third-order valence-corrected chi connectivity index (χ3v) is 6.24. The molecule has 3 heterocycles. The Kier molecular flexibility index (Phi) is 4.29. The number of piperidine rings is 1. The number of carbonyl (C=O) groups is 1. The molecule has 3 aromatic rings. The first-order valence-electron chi connectivity index (χ1n) is 9.95. The zero-order chi connectivity index (χ0) is 19.0. The van der Waals surface area contributed by atoms with Crippen LogP contribution in [0.4, 0.5) is 5.69 Å². The Labute approximate surface area is 165 Å². The van der Waals surface area contributed by atoms with Gasteiger partial charge in [-0.2, -0.15) is 0 Å². The molecule has 0 atom stereocenters. The van der Waals surface area contributed by atoms with Gasteiger partial charge in [-0.05, 0) is 49.2 Å². The van der Waals surface area contributed by atoms with Crippen LogP contribution < -0.4 is 4.90 Å². The third-order valence-electron chi connectivity index (χ3n) is 6.24. The van der Waals surface area contributed by atoms with Crippen molar-refractivity contribution in [1.82, 2.24) is 4.90 Å². The van der Waals surface area contributed by atoms with Crippen molar-refractivity contribution in [1.29, 1.82) is 0 Å². The molecule has 5 rings (SSSR count). The van der Waals surface area contributed by atoms with Gasteiger partial charge < -0.3 is 9.32 Å². The molecule has 0 bridgehead atoms. The van der Waals surface area contributed by atoms with Gasteiger partial charge in [0.2, 0.25) is 5.91 Å². The summed E-state index contributed by atoms with van der Waals surface area (Å²) in [6, 6.07) is 20.6. The molecule has 1 saturated heterocycles. The largest absolute Gasteiger partial charge is 0.472 e. The topological polar surface area (TPSA) is 36.7 Å². The molecule has 2 aromatic carbocycles. The summed E-state index contributed by atoms with van der Waals surface area (Å²) in [6.07, 6.45) is 5.26. The molecule has 1 fully saturated rings. The number of nitrogens with zero attached hydrogens (tertiary/aromatic N) is 2. The molecule has 1 aromatic heterocycles. The van der Waals surface area contributed by atoms with Crippen LogP contribution in [-0.4, -0.2) is 23.9 Å². The second-order valence-corrected chi connectivity index (χ2v) is 7.88. The summed E-state index contributed by atoms with van der Waals surface area (Å²) in [5, 5.41) is 0. The molecule has 0 unspecified atom stereocenters. The van der Waals surface area contributed by atoms with Gasteiger partial charge in [0.15, 0.2) is 0 Å². The van der Waals surface area contributed by atoms with Gasteiger partial charge in [-0.3, -0.25) is 9.69 Å². The van der Waals surface area contributed by atoms with Crippen molar-refractivity contribution in [2.45, 2.75) is 31.3 Å². The second kappa shape index (κ2) is 6.95. The van der Waals surface area contributed by atoms with E-state index in [-0.39, 0.29) is 11.3 Å². The molecule has 142 valence electrons. The Balaban J connectivity index is 1.40. The summed E-state index contributed by atoms with van der Waals surface area (Å²) in [5.41, 5.74) is 4.27. The van der Waals surface area contributed by atoms with Gasteiger partial charge in [0.05, 0.1) is 24.5 Å². The van der Waals surface area contributed by atoms with Crippen molar-refractivity contribution in [3.63, 3.8) is 0 Å². The Morgan fingerprint density at radius 1 is 0.857 bits per heavy atom. The van der Waals surface area contributed by atoms with E-state index in [0.29, 0.717) is 6.54 Å². The summed E-state index contributed by atoms with van der Waals surface area (Å²) >= 11 is 0. The highest BCUT2D eigenvalue weighted by Crippen LogP contribution is 2.48. The van der Waals surface area contributed by atoms with Gasteiger partial charge in [0.1, 0.15) is 0 Å². The maximum absolute atomic E-state index is 13.7. The average molecular weight is 372 g/mol. The maximum Gasteiger partial charge on any atom is 0.238 e. The van der Waals surface area contributed by atoms with Crippen molar-refractivity contribution in [2.75, 3.05) is 18.0 Å². The number of fused-ring (bicyclic) bond motifs is 2. The number of rotatable bonds is 4. The predicted molar refractivity (Wildman–Crippen MR) is 109 cm³/mol. The van der Waals surface area contributed by atoms with E-state index < -0.39 is 0 Å². The molecule has 1 amide bonds. The fourth-order valence-corrected chi connectivity index (χ4v) is 4.74. The van der Waals surface area contributed by atoms with E-state index in [2.05, 4.69) is 35.2 Å². The molecule has 28 heavy (non-hydrogen) atoms. The van der Waals surface area contributed by atoms with Crippen LogP contribution in [0.1, 0.15) is 29.5 Å². The number of carbonyl (C=O) groups excluding carboxylic acids is 1. The van der Waals surface area contributed by atoms with E-state index in [1.807, 2.05) is 41.5 Å². The number of anilines is 1. The number of likely N-dealkylation sites (tertiary alicyclic amines) is 1. The third kappa shape index (κ3) is 2.85. The molecular formula is C24H24N2O2. The highest BCUT2D eigenvalue weighted by atomic mass is 16.3. The first-order valence-corrected chi connectivity index (χ1v) is 9.95. The molecule has 0 saturated carbocycles. The van der Waals surface area contributed by atoms with Crippen molar-refractivity contribution < 1.29 is 9.21 Å². The zero-order valence-corrected chi connectivity index (χ0v) is 15.9. The van der Waals surface area contributed by atoms with Crippen LogP contribution in [0.5, 0.6) is 0 Å². The summed E-state index contributed by atoms with van der Waals surface area (Å²) < 4.78 is 5.20. The fourth-order valence-electron chi connectivity index (χ4n) is 4.74.